The number of hydrogen-bond acceptors (Lipinski definition) is 8. The van der Waals surface area contributed by atoms with Gasteiger partial charge < -0.3 is 34.5 Å². The van der Waals surface area contributed by atoms with Gasteiger partial charge in [-0.1, -0.05) is 54.6 Å². The van der Waals surface area contributed by atoms with E-state index in [1.54, 1.807) is 45.5 Å². The van der Waals surface area contributed by atoms with Gasteiger partial charge in [0, 0.05) is 48.7 Å². The third-order valence-corrected chi connectivity index (χ3v) is 7.85. The van der Waals surface area contributed by atoms with Gasteiger partial charge in [0.15, 0.2) is 11.5 Å². The van der Waals surface area contributed by atoms with Crippen molar-refractivity contribution in [2.24, 2.45) is 0 Å². The molecule has 5 N–H and O–H groups in total. The molecule has 0 unspecified atom stereocenters. The fourth-order valence-corrected chi connectivity index (χ4v) is 5.29. The average molecular weight is 637 g/mol. The molecule has 2 heterocycles. The fourth-order valence-electron chi connectivity index (χ4n) is 5.29. The van der Waals surface area contributed by atoms with Crippen LogP contribution in [0.2, 0.25) is 0 Å². The summed E-state index contributed by atoms with van der Waals surface area (Å²) in [6.45, 7) is 4.72. The number of benzene rings is 3. The zero-order valence-electron chi connectivity index (χ0n) is 26.7. The van der Waals surface area contributed by atoms with E-state index in [2.05, 4.69) is 10.6 Å². The van der Waals surface area contributed by atoms with Gasteiger partial charge >= 0.3 is 0 Å². The number of methoxy groups -OCH3 is 1. The summed E-state index contributed by atoms with van der Waals surface area (Å²) < 4.78 is 8.59. The maximum absolute atomic E-state index is 12.9. The van der Waals surface area contributed by atoms with E-state index in [9.17, 15) is 24.9 Å². The average Bonchev–Trinajstić information content (AvgIpc) is 3.06. The van der Waals surface area contributed by atoms with Crippen molar-refractivity contribution in [3.63, 3.8) is 0 Å². The van der Waals surface area contributed by atoms with Crippen molar-refractivity contribution in [3.8, 4) is 28.4 Å². The summed E-state index contributed by atoms with van der Waals surface area (Å²) in [6, 6.07) is 26.6. The molecule has 10 nitrogen and oxygen atoms in total. The molecule has 244 valence electrons. The minimum absolute atomic E-state index is 0.146. The minimum atomic E-state index is -1.14. The van der Waals surface area contributed by atoms with Crippen molar-refractivity contribution in [2.45, 2.75) is 52.3 Å². The van der Waals surface area contributed by atoms with Crippen LogP contribution in [-0.4, -0.2) is 37.3 Å². The molecule has 0 aliphatic carbocycles. The predicted octanol–water partition coefficient (Wildman–Crippen LogP) is 4.30. The quantitative estimate of drug-likeness (QED) is 0.121. The standard InChI is InChI=1S/C37H40N4O6/c1-37(2,46)39-22-30-15-17-41(36(45)34(30)43)24-27-10-7-11-28(18-27)31-19-26(12-13-32(31)47-3)20-38-21-29-14-16-40(35(44)33(29)42)23-25-8-5-4-6-9-25/h4-19,38-39,42-43,46H,20-24H2,1-3H3. The van der Waals surface area contributed by atoms with Crippen LogP contribution in [0.25, 0.3) is 11.1 Å². The summed E-state index contributed by atoms with van der Waals surface area (Å²) >= 11 is 0. The molecule has 0 atom stereocenters. The lowest BCUT2D eigenvalue weighted by atomic mass is 9.99. The van der Waals surface area contributed by atoms with Crippen molar-refractivity contribution < 1.29 is 20.1 Å². The molecule has 5 aromatic rings. The zero-order chi connectivity index (χ0) is 33.6. The van der Waals surface area contributed by atoms with Gasteiger partial charge in [-0.2, -0.15) is 0 Å². The Bertz CT molecular complexity index is 1960. The summed E-state index contributed by atoms with van der Waals surface area (Å²) in [7, 11) is 1.61. The third-order valence-electron chi connectivity index (χ3n) is 7.85. The van der Waals surface area contributed by atoms with Crippen LogP contribution in [0, 0.1) is 0 Å². The number of hydrogen-bond donors (Lipinski definition) is 5. The maximum Gasteiger partial charge on any atom is 0.293 e. The number of aromatic nitrogens is 2. The summed E-state index contributed by atoms with van der Waals surface area (Å²) in [6.07, 6.45) is 3.33. The smallest absolute Gasteiger partial charge is 0.293 e. The molecule has 3 aromatic carbocycles. The van der Waals surface area contributed by atoms with E-state index >= 15 is 0 Å². The normalized spacial score (nSPS) is 11.5. The van der Waals surface area contributed by atoms with E-state index in [0.717, 1.165) is 27.8 Å². The zero-order valence-corrected chi connectivity index (χ0v) is 26.7. The van der Waals surface area contributed by atoms with Gasteiger partial charge in [-0.25, -0.2) is 0 Å². The van der Waals surface area contributed by atoms with Crippen molar-refractivity contribution in [1.29, 1.82) is 0 Å². The molecule has 0 fully saturated rings. The first-order valence-electron chi connectivity index (χ1n) is 15.3. The van der Waals surface area contributed by atoms with E-state index < -0.39 is 16.8 Å². The number of aliphatic hydroxyl groups is 1. The molecule has 5 rings (SSSR count). The molecule has 0 bridgehead atoms. The van der Waals surface area contributed by atoms with Gasteiger partial charge in [-0.05, 0) is 66.4 Å². The van der Waals surface area contributed by atoms with Crippen LogP contribution in [-0.2, 0) is 32.7 Å². The molecule has 0 aliphatic heterocycles. The first-order valence-corrected chi connectivity index (χ1v) is 15.3. The summed E-state index contributed by atoms with van der Waals surface area (Å²) in [5.41, 5.74) is 3.38. The van der Waals surface area contributed by atoms with Gasteiger partial charge in [0.1, 0.15) is 11.5 Å². The van der Waals surface area contributed by atoms with E-state index in [1.807, 2.05) is 72.8 Å². The minimum Gasteiger partial charge on any atom is -0.503 e. The van der Waals surface area contributed by atoms with Crippen LogP contribution in [0.5, 0.6) is 17.2 Å². The van der Waals surface area contributed by atoms with Gasteiger partial charge in [-0.15, -0.1) is 0 Å². The number of rotatable bonds is 13. The van der Waals surface area contributed by atoms with Crippen molar-refractivity contribution >= 4 is 0 Å². The Morgan fingerprint density at radius 2 is 1.32 bits per heavy atom. The van der Waals surface area contributed by atoms with Gasteiger partial charge in [0.05, 0.1) is 20.2 Å². The number of nitrogens with one attached hydrogen (secondary N) is 2. The van der Waals surface area contributed by atoms with Crippen LogP contribution in [0.15, 0.2) is 107 Å². The first kappa shape index (κ1) is 33.2. The lowest BCUT2D eigenvalue weighted by Gasteiger charge is -2.19. The lowest BCUT2D eigenvalue weighted by molar-refractivity contribution is 0.0414. The highest BCUT2D eigenvalue weighted by atomic mass is 16.5. The van der Waals surface area contributed by atoms with Crippen LogP contribution < -0.4 is 26.5 Å². The number of ether oxygens (including phenoxy) is 1. The van der Waals surface area contributed by atoms with Crippen LogP contribution >= 0.6 is 0 Å². The van der Waals surface area contributed by atoms with E-state index in [4.69, 9.17) is 4.74 Å². The SMILES string of the molecule is COc1ccc(CNCc2ccn(Cc3ccccc3)c(=O)c2O)cc1-c1cccc(Cn2ccc(CNC(C)(C)O)c(O)c2=O)c1. The third kappa shape index (κ3) is 8.36. The molecule has 47 heavy (non-hydrogen) atoms. The van der Waals surface area contributed by atoms with Crippen molar-refractivity contribution in [3.05, 3.63) is 146 Å². The Morgan fingerprint density at radius 3 is 1.96 bits per heavy atom. The number of aromatic hydroxyl groups is 2. The number of nitrogens with zero attached hydrogens (tertiary/aromatic N) is 2. The Hall–Kier alpha value is -5.16. The van der Waals surface area contributed by atoms with E-state index in [-0.39, 0.29) is 24.6 Å². The van der Waals surface area contributed by atoms with Crippen LogP contribution in [0.1, 0.15) is 41.7 Å². The monoisotopic (exact) mass is 636 g/mol. The van der Waals surface area contributed by atoms with Crippen LogP contribution in [0.3, 0.4) is 0 Å². The largest absolute Gasteiger partial charge is 0.503 e. The molecule has 2 aromatic heterocycles. The van der Waals surface area contributed by atoms with Crippen molar-refractivity contribution in [1.82, 2.24) is 19.8 Å². The van der Waals surface area contributed by atoms with Gasteiger partial charge in [-0.3, -0.25) is 14.9 Å². The van der Waals surface area contributed by atoms with E-state index in [1.165, 1.54) is 9.13 Å². The molecule has 0 amide bonds. The lowest BCUT2D eigenvalue weighted by Crippen LogP contribution is -2.38. The highest BCUT2D eigenvalue weighted by Crippen LogP contribution is 2.32. The second-order valence-corrected chi connectivity index (χ2v) is 12.0. The Labute approximate surface area is 273 Å². The van der Waals surface area contributed by atoms with Crippen molar-refractivity contribution in [2.75, 3.05) is 7.11 Å². The molecule has 0 saturated heterocycles. The first-order chi connectivity index (χ1) is 22.5. The molecule has 0 saturated carbocycles. The van der Waals surface area contributed by atoms with E-state index in [0.29, 0.717) is 36.5 Å². The highest BCUT2D eigenvalue weighted by molar-refractivity contribution is 5.71. The number of pyridine rings is 2. The molecule has 0 spiro atoms. The molecule has 10 heteroatoms. The highest BCUT2D eigenvalue weighted by Gasteiger charge is 2.15. The predicted molar refractivity (Wildman–Crippen MR) is 181 cm³/mol. The molecular formula is C37H40N4O6. The topological polar surface area (TPSA) is 138 Å². The maximum atomic E-state index is 12.9. The molecule has 0 radical (unpaired) electrons. The Morgan fingerprint density at radius 1 is 0.702 bits per heavy atom. The van der Waals surface area contributed by atoms with Gasteiger partial charge in [0.25, 0.3) is 11.1 Å². The molecular weight excluding hydrogens is 596 g/mol. The second kappa shape index (κ2) is 14.5. The fraction of sp³-hybridized carbons (Fsp3) is 0.243. The Balaban J connectivity index is 1.28. The summed E-state index contributed by atoms with van der Waals surface area (Å²) in [4.78, 5) is 25.7. The van der Waals surface area contributed by atoms with Crippen LogP contribution in [0.4, 0.5) is 0 Å². The molecule has 0 aliphatic rings. The van der Waals surface area contributed by atoms with Gasteiger partial charge in [0.2, 0.25) is 0 Å². The summed E-state index contributed by atoms with van der Waals surface area (Å²) in [5.74, 6) is 0.0593. The second-order valence-electron chi connectivity index (χ2n) is 12.0. The Kier molecular flexibility index (Phi) is 10.3. The summed E-state index contributed by atoms with van der Waals surface area (Å²) in [5, 5.41) is 37.2.